The highest BCUT2D eigenvalue weighted by Gasteiger charge is 2.34. The zero-order valence-electron chi connectivity index (χ0n) is 16.7. The number of carbonyl (C=O) groups excluding carboxylic acids is 2. The number of anilines is 1. The molecule has 2 aromatic rings. The smallest absolute Gasteiger partial charge is 0.330 e. The van der Waals surface area contributed by atoms with E-state index in [0.717, 1.165) is 0 Å². The first-order chi connectivity index (χ1) is 14.3. The number of hydrogen-bond donors (Lipinski definition) is 0. The Morgan fingerprint density at radius 1 is 1.27 bits per heavy atom. The fraction of sp³-hybridized carbons (Fsp3) is 0.304. The van der Waals surface area contributed by atoms with Gasteiger partial charge in [-0.3, -0.25) is 4.79 Å². The summed E-state index contributed by atoms with van der Waals surface area (Å²) in [4.78, 5) is 25.8. The Morgan fingerprint density at radius 2 is 1.93 bits per heavy atom. The van der Waals surface area contributed by atoms with Gasteiger partial charge in [0, 0.05) is 18.5 Å². The van der Waals surface area contributed by atoms with Crippen LogP contribution in [0.25, 0.3) is 6.08 Å². The predicted octanol–water partition coefficient (Wildman–Crippen LogP) is 5.55. The van der Waals surface area contributed by atoms with Gasteiger partial charge in [-0.05, 0) is 54.2 Å². The molecule has 3 rings (SSSR count). The van der Waals surface area contributed by atoms with Crippen LogP contribution in [-0.2, 0) is 20.7 Å². The van der Waals surface area contributed by atoms with E-state index >= 15 is 0 Å². The summed E-state index contributed by atoms with van der Waals surface area (Å²) in [6.07, 6.45) is 3.99. The Hall–Kier alpha value is -2.37. The Kier molecular flexibility index (Phi) is 7.16. The van der Waals surface area contributed by atoms with Crippen LogP contribution < -0.4 is 4.90 Å². The molecule has 0 radical (unpaired) electrons. The van der Waals surface area contributed by atoms with Crippen LogP contribution in [0.2, 0.25) is 10.0 Å². The molecule has 1 fully saturated rings. The molecule has 0 aromatic heterocycles. The molecule has 2 aromatic carbocycles. The van der Waals surface area contributed by atoms with Crippen molar-refractivity contribution in [2.75, 3.05) is 18.6 Å². The molecule has 0 unspecified atom stereocenters. The van der Waals surface area contributed by atoms with Crippen LogP contribution in [0.1, 0.15) is 24.5 Å². The largest absolute Gasteiger partial charge is 0.466 e. The van der Waals surface area contributed by atoms with Gasteiger partial charge in [0.25, 0.3) is 0 Å². The lowest BCUT2D eigenvalue weighted by atomic mass is 9.85. The van der Waals surface area contributed by atoms with Crippen molar-refractivity contribution in [1.29, 1.82) is 0 Å². The Bertz CT molecular complexity index is 969. The van der Waals surface area contributed by atoms with Crippen molar-refractivity contribution in [3.63, 3.8) is 0 Å². The maximum Gasteiger partial charge on any atom is 0.330 e. The highest BCUT2D eigenvalue weighted by Crippen LogP contribution is 2.39. The molecule has 2 atom stereocenters. The number of ether oxygens (including phenoxy) is 1. The Labute approximate surface area is 185 Å². The van der Waals surface area contributed by atoms with Crippen molar-refractivity contribution in [2.45, 2.75) is 19.8 Å². The normalized spacial score (nSPS) is 19.4. The van der Waals surface area contributed by atoms with Crippen LogP contribution in [0.4, 0.5) is 10.1 Å². The number of hydrogen-bond acceptors (Lipinski definition) is 3. The predicted molar refractivity (Wildman–Crippen MR) is 117 cm³/mol. The lowest BCUT2D eigenvalue weighted by molar-refractivity contribution is -0.134. The number of piperidine rings is 1. The Morgan fingerprint density at radius 3 is 2.57 bits per heavy atom. The highest BCUT2D eigenvalue weighted by molar-refractivity contribution is 6.40. The standard InChI is InChI=1S/C23H22Cl2FNO3/c1-14-9-16(10-17-5-3-4-6-20(17)26)13-27(23(14)29)22-18(24)11-15(12-19(22)25)7-8-21(28)30-2/h3-8,11-12,14,16H,9-10,13H2,1-2H3/b8-7+/t14-,16-/m1/s1. The zero-order chi connectivity index (χ0) is 21.8. The third kappa shape index (κ3) is 5.02. The van der Waals surface area contributed by atoms with Crippen LogP contribution in [0, 0.1) is 17.7 Å². The minimum Gasteiger partial charge on any atom is -0.466 e. The number of nitrogens with zero attached hydrogens (tertiary/aromatic N) is 1. The van der Waals surface area contributed by atoms with E-state index in [-0.39, 0.29) is 23.6 Å². The number of amides is 1. The fourth-order valence-electron chi connectivity index (χ4n) is 3.79. The molecule has 0 bridgehead atoms. The number of benzene rings is 2. The van der Waals surface area contributed by atoms with E-state index in [1.54, 1.807) is 29.2 Å². The summed E-state index contributed by atoms with van der Waals surface area (Å²) in [6.45, 7) is 2.26. The van der Waals surface area contributed by atoms with E-state index in [1.165, 1.54) is 25.3 Å². The second kappa shape index (κ2) is 9.63. The maximum atomic E-state index is 14.1. The van der Waals surface area contributed by atoms with E-state index in [4.69, 9.17) is 23.2 Å². The lowest BCUT2D eigenvalue weighted by Crippen LogP contribution is -2.45. The first-order valence-corrected chi connectivity index (χ1v) is 10.4. The minimum absolute atomic E-state index is 0.0681. The SMILES string of the molecule is COC(=O)/C=C/c1cc(Cl)c(N2C[C@@H](Cc3ccccc3F)C[C@@H](C)C2=O)c(Cl)c1. The first-order valence-electron chi connectivity index (χ1n) is 9.60. The third-order valence-electron chi connectivity index (χ3n) is 5.20. The molecular weight excluding hydrogens is 428 g/mol. The number of carbonyl (C=O) groups is 2. The van der Waals surface area contributed by atoms with Crippen molar-refractivity contribution < 1.29 is 18.7 Å². The zero-order valence-corrected chi connectivity index (χ0v) is 18.2. The van der Waals surface area contributed by atoms with Crippen molar-refractivity contribution in [3.05, 3.63) is 69.5 Å². The lowest BCUT2D eigenvalue weighted by Gasteiger charge is -2.37. The van der Waals surface area contributed by atoms with Crippen molar-refractivity contribution >= 4 is 46.8 Å². The number of methoxy groups -OCH3 is 1. The van der Waals surface area contributed by atoms with Crippen molar-refractivity contribution in [2.24, 2.45) is 11.8 Å². The van der Waals surface area contributed by atoms with Crippen molar-refractivity contribution in [1.82, 2.24) is 0 Å². The molecule has 158 valence electrons. The molecule has 0 aliphatic carbocycles. The minimum atomic E-state index is -0.498. The highest BCUT2D eigenvalue weighted by atomic mass is 35.5. The summed E-state index contributed by atoms with van der Waals surface area (Å²) in [6, 6.07) is 9.96. The first kappa shape index (κ1) is 22.3. The molecule has 0 spiro atoms. The van der Waals surface area contributed by atoms with E-state index in [0.29, 0.717) is 46.2 Å². The molecule has 1 saturated heterocycles. The molecule has 1 aliphatic heterocycles. The van der Waals surface area contributed by atoms with E-state index in [9.17, 15) is 14.0 Å². The summed E-state index contributed by atoms with van der Waals surface area (Å²) in [5.41, 5.74) is 1.67. The molecule has 7 heteroatoms. The Balaban J connectivity index is 1.87. The van der Waals surface area contributed by atoms with Gasteiger partial charge in [0.15, 0.2) is 0 Å². The monoisotopic (exact) mass is 449 g/mol. The quantitative estimate of drug-likeness (QED) is 0.443. The molecule has 4 nitrogen and oxygen atoms in total. The number of halogens is 3. The topological polar surface area (TPSA) is 46.6 Å². The third-order valence-corrected chi connectivity index (χ3v) is 5.78. The molecule has 0 N–H and O–H groups in total. The van der Waals surface area contributed by atoms with Crippen LogP contribution in [0.5, 0.6) is 0 Å². The van der Waals surface area contributed by atoms with Gasteiger partial charge in [0.1, 0.15) is 5.82 Å². The van der Waals surface area contributed by atoms with Gasteiger partial charge in [-0.25, -0.2) is 9.18 Å². The van der Waals surface area contributed by atoms with Gasteiger partial charge in [-0.15, -0.1) is 0 Å². The second-order valence-corrected chi connectivity index (χ2v) is 8.25. The second-order valence-electron chi connectivity index (χ2n) is 7.44. The van der Waals surface area contributed by atoms with E-state index < -0.39 is 5.97 Å². The number of rotatable bonds is 5. The van der Waals surface area contributed by atoms with E-state index in [1.807, 2.05) is 13.0 Å². The molecule has 1 aliphatic rings. The summed E-state index contributed by atoms with van der Waals surface area (Å²) in [7, 11) is 1.29. The summed E-state index contributed by atoms with van der Waals surface area (Å²) >= 11 is 12.9. The average molecular weight is 450 g/mol. The number of esters is 1. The van der Waals surface area contributed by atoms with Gasteiger partial charge in [-0.1, -0.05) is 48.3 Å². The summed E-state index contributed by atoms with van der Waals surface area (Å²) in [5.74, 6) is -0.975. The van der Waals surface area contributed by atoms with Gasteiger partial charge >= 0.3 is 5.97 Å². The molecule has 0 saturated carbocycles. The van der Waals surface area contributed by atoms with Crippen LogP contribution in [0.15, 0.2) is 42.5 Å². The molecular formula is C23H22Cl2FNO3. The van der Waals surface area contributed by atoms with Crippen LogP contribution in [-0.4, -0.2) is 25.5 Å². The maximum absolute atomic E-state index is 14.1. The fourth-order valence-corrected chi connectivity index (χ4v) is 4.49. The van der Waals surface area contributed by atoms with Crippen LogP contribution in [0.3, 0.4) is 0 Å². The van der Waals surface area contributed by atoms with E-state index in [2.05, 4.69) is 4.74 Å². The molecule has 30 heavy (non-hydrogen) atoms. The molecule has 1 amide bonds. The summed E-state index contributed by atoms with van der Waals surface area (Å²) in [5, 5.41) is 0.609. The average Bonchev–Trinajstić information content (AvgIpc) is 2.70. The van der Waals surface area contributed by atoms with Crippen molar-refractivity contribution in [3.8, 4) is 0 Å². The van der Waals surface area contributed by atoms with Crippen LogP contribution >= 0.6 is 23.2 Å². The van der Waals surface area contributed by atoms with Gasteiger partial charge in [0.05, 0.1) is 22.8 Å². The summed E-state index contributed by atoms with van der Waals surface area (Å²) < 4.78 is 18.7. The van der Waals surface area contributed by atoms with Gasteiger partial charge in [0.2, 0.25) is 5.91 Å². The van der Waals surface area contributed by atoms with Gasteiger partial charge < -0.3 is 9.64 Å². The molecule has 1 heterocycles. The van der Waals surface area contributed by atoms with Gasteiger partial charge in [-0.2, -0.15) is 0 Å².